The summed E-state index contributed by atoms with van der Waals surface area (Å²) < 4.78 is 10.6. The van der Waals surface area contributed by atoms with Gasteiger partial charge in [-0.2, -0.15) is 0 Å². The lowest BCUT2D eigenvalue weighted by Gasteiger charge is -2.27. The Morgan fingerprint density at radius 1 is 1.13 bits per heavy atom. The molecule has 0 bridgehead atoms. The zero-order chi connectivity index (χ0) is 21.1. The van der Waals surface area contributed by atoms with E-state index < -0.39 is 12.2 Å². The number of ether oxygens (including phenoxy) is 2. The van der Waals surface area contributed by atoms with Gasteiger partial charge in [0, 0.05) is 27.7 Å². The molecule has 2 aromatic rings. The normalized spacial score (nSPS) is 19.2. The van der Waals surface area contributed by atoms with E-state index in [2.05, 4.69) is 0 Å². The van der Waals surface area contributed by atoms with Crippen LogP contribution in [0.4, 0.5) is 16.2 Å². The molecule has 2 aliphatic rings. The summed E-state index contributed by atoms with van der Waals surface area (Å²) in [5.74, 6) is -0.0791. The second-order valence-corrected chi connectivity index (χ2v) is 8.65. The summed E-state index contributed by atoms with van der Waals surface area (Å²) >= 11 is 1.65. The highest BCUT2D eigenvalue weighted by Crippen LogP contribution is 2.26. The summed E-state index contributed by atoms with van der Waals surface area (Å²) in [6.45, 7) is 4.32. The minimum Gasteiger partial charge on any atom is -0.442 e. The maximum absolute atomic E-state index is 12.4. The van der Waals surface area contributed by atoms with Crippen LogP contribution in [0.5, 0.6) is 0 Å². The molecule has 9 heteroatoms. The van der Waals surface area contributed by atoms with E-state index in [1.807, 2.05) is 31.2 Å². The Morgan fingerprint density at radius 2 is 1.87 bits per heavy atom. The average Bonchev–Trinajstić information content (AvgIpc) is 3.33. The van der Waals surface area contributed by atoms with Gasteiger partial charge in [-0.1, -0.05) is 0 Å². The molecular weight excluding hydrogens is 406 g/mol. The van der Waals surface area contributed by atoms with Gasteiger partial charge in [0.15, 0.2) is 0 Å². The molecule has 2 saturated heterocycles. The van der Waals surface area contributed by atoms with Gasteiger partial charge < -0.3 is 19.3 Å². The first-order chi connectivity index (χ1) is 14.5. The van der Waals surface area contributed by atoms with Crippen molar-refractivity contribution >= 4 is 41.1 Å². The Bertz CT molecular complexity index is 929. The molecule has 0 N–H and O–H groups in total. The van der Waals surface area contributed by atoms with Crippen molar-refractivity contribution in [2.45, 2.75) is 19.6 Å². The van der Waals surface area contributed by atoms with Crippen LogP contribution in [0.3, 0.4) is 0 Å². The predicted octanol–water partition coefficient (Wildman–Crippen LogP) is 2.40. The molecule has 1 atom stereocenters. The van der Waals surface area contributed by atoms with Crippen LogP contribution in [0.25, 0.3) is 0 Å². The number of aryl methyl sites for hydroxylation is 1. The van der Waals surface area contributed by atoms with E-state index >= 15 is 0 Å². The molecule has 3 amide bonds. The molecule has 0 spiro atoms. The maximum Gasteiger partial charge on any atom is 0.414 e. The Labute approximate surface area is 178 Å². The van der Waals surface area contributed by atoms with E-state index in [1.54, 1.807) is 38.2 Å². The lowest BCUT2D eigenvalue weighted by Crippen LogP contribution is -2.41. The van der Waals surface area contributed by atoms with Crippen molar-refractivity contribution in [1.82, 2.24) is 4.90 Å². The van der Waals surface area contributed by atoms with Crippen molar-refractivity contribution in [3.8, 4) is 0 Å². The fourth-order valence-electron chi connectivity index (χ4n) is 3.61. The third kappa shape index (κ3) is 4.47. The van der Waals surface area contributed by atoms with E-state index in [1.165, 1.54) is 4.88 Å². The quantitative estimate of drug-likeness (QED) is 0.632. The van der Waals surface area contributed by atoms with Gasteiger partial charge in [-0.05, 0) is 43.3 Å². The highest BCUT2D eigenvalue weighted by molar-refractivity contribution is 7.11. The molecule has 8 nitrogen and oxygen atoms in total. The molecule has 3 heterocycles. The number of rotatable bonds is 7. The molecule has 158 valence electrons. The molecule has 2 aliphatic heterocycles. The van der Waals surface area contributed by atoms with Gasteiger partial charge in [-0.15, -0.1) is 11.3 Å². The molecule has 30 heavy (non-hydrogen) atoms. The first-order valence-corrected chi connectivity index (χ1v) is 10.6. The van der Waals surface area contributed by atoms with Crippen LogP contribution in [0.1, 0.15) is 9.75 Å². The smallest absolute Gasteiger partial charge is 0.414 e. The molecule has 0 saturated carbocycles. The number of hydrogen-bond acceptors (Lipinski definition) is 6. The molecule has 1 aromatic carbocycles. The van der Waals surface area contributed by atoms with Gasteiger partial charge in [0.2, 0.25) is 6.41 Å². The van der Waals surface area contributed by atoms with Crippen LogP contribution in [0, 0.1) is 6.92 Å². The zero-order valence-corrected chi connectivity index (χ0v) is 17.5. The maximum atomic E-state index is 12.4. The van der Waals surface area contributed by atoms with Gasteiger partial charge in [-0.3, -0.25) is 14.5 Å². The fourth-order valence-corrected chi connectivity index (χ4v) is 4.52. The summed E-state index contributed by atoms with van der Waals surface area (Å²) in [7, 11) is 0. The number of cyclic esters (lactones) is 1. The fraction of sp³-hybridized carbons (Fsp3) is 0.381. The summed E-state index contributed by atoms with van der Waals surface area (Å²) in [4.78, 5) is 43.0. The molecule has 1 aromatic heterocycles. The van der Waals surface area contributed by atoms with Crippen molar-refractivity contribution in [2.24, 2.45) is 0 Å². The third-order valence-corrected chi connectivity index (χ3v) is 6.06. The molecular formula is C21H23N3O5S. The molecule has 0 radical (unpaired) electrons. The number of amides is 3. The van der Waals surface area contributed by atoms with Crippen molar-refractivity contribution in [2.75, 3.05) is 42.6 Å². The van der Waals surface area contributed by atoms with Crippen LogP contribution >= 0.6 is 11.3 Å². The first kappa shape index (κ1) is 20.4. The van der Waals surface area contributed by atoms with E-state index in [0.29, 0.717) is 38.5 Å². The summed E-state index contributed by atoms with van der Waals surface area (Å²) in [5.41, 5.74) is 1.47. The Morgan fingerprint density at radius 3 is 2.50 bits per heavy atom. The van der Waals surface area contributed by atoms with Crippen LogP contribution in [-0.2, 0) is 25.6 Å². The second-order valence-electron chi connectivity index (χ2n) is 7.28. The summed E-state index contributed by atoms with van der Waals surface area (Å²) in [6.07, 6.45) is -0.0445. The predicted molar refractivity (Wildman–Crippen MR) is 113 cm³/mol. The number of carbonyl (C=O) groups excluding carboxylic acids is 3. The van der Waals surface area contributed by atoms with Gasteiger partial charge in [0.25, 0.3) is 5.91 Å². The number of hydrogen-bond donors (Lipinski definition) is 0. The first-order valence-electron chi connectivity index (χ1n) is 9.74. The Hall–Kier alpha value is -2.91. The molecule has 0 aliphatic carbocycles. The van der Waals surface area contributed by atoms with E-state index in [9.17, 15) is 14.4 Å². The van der Waals surface area contributed by atoms with Crippen LogP contribution in [0.15, 0.2) is 36.4 Å². The van der Waals surface area contributed by atoms with E-state index in [-0.39, 0.29) is 12.5 Å². The number of carbonyl (C=O) groups is 3. The van der Waals surface area contributed by atoms with Crippen LogP contribution in [0.2, 0.25) is 0 Å². The second kappa shape index (κ2) is 8.85. The highest BCUT2D eigenvalue weighted by Gasteiger charge is 2.33. The van der Waals surface area contributed by atoms with Gasteiger partial charge in [0.05, 0.1) is 26.2 Å². The minimum absolute atomic E-state index is 0.0791. The van der Waals surface area contributed by atoms with Crippen molar-refractivity contribution in [3.63, 3.8) is 0 Å². The number of benzene rings is 1. The lowest BCUT2D eigenvalue weighted by molar-refractivity contribution is -0.125. The summed E-state index contributed by atoms with van der Waals surface area (Å²) in [5, 5.41) is 0. The number of nitrogens with zero attached hydrogens (tertiary/aromatic N) is 3. The monoisotopic (exact) mass is 429 g/mol. The Kier molecular flexibility index (Phi) is 6.01. The number of thiophene rings is 1. The van der Waals surface area contributed by atoms with Crippen molar-refractivity contribution < 1.29 is 23.9 Å². The SMILES string of the molecule is Cc1ccc(CN(C=O)C[C@H]2CN(c3ccc(N4CCOCC4=O)cc3)C(=O)O2)s1. The van der Waals surface area contributed by atoms with E-state index in [0.717, 1.165) is 17.0 Å². The standard InChI is InChI=1S/C21H23N3O5S/c1-15-2-7-19(30-15)12-22(14-25)10-18-11-24(21(27)29-18)17-5-3-16(4-6-17)23-8-9-28-13-20(23)26/h2-7,14,18H,8-13H2,1H3/t18-/m0/s1. The lowest BCUT2D eigenvalue weighted by atomic mass is 10.2. The van der Waals surface area contributed by atoms with Gasteiger partial charge in [0.1, 0.15) is 12.7 Å². The molecule has 4 rings (SSSR count). The number of morpholine rings is 1. The van der Waals surface area contributed by atoms with Crippen molar-refractivity contribution in [3.05, 3.63) is 46.2 Å². The Balaban J connectivity index is 1.38. The van der Waals surface area contributed by atoms with Gasteiger partial charge in [-0.25, -0.2) is 4.79 Å². The van der Waals surface area contributed by atoms with Crippen LogP contribution < -0.4 is 9.80 Å². The van der Waals surface area contributed by atoms with E-state index in [4.69, 9.17) is 9.47 Å². The molecule has 0 unspecified atom stereocenters. The molecule has 2 fully saturated rings. The minimum atomic E-state index is -0.437. The highest BCUT2D eigenvalue weighted by atomic mass is 32.1. The topological polar surface area (TPSA) is 79.4 Å². The average molecular weight is 429 g/mol. The van der Waals surface area contributed by atoms with Gasteiger partial charge >= 0.3 is 6.09 Å². The third-order valence-electron chi connectivity index (χ3n) is 5.08. The largest absolute Gasteiger partial charge is 0.442 e. The van der Waals surface area contributed by atoms with Crippen molar-refractivity contribution in [1.29, 1.82) is 0 Å². The number of anilines is 2. The zero-order valence-electron chi connectivity index (χ0n) is 16.7. The summed E-state index contributed by atoms with van der Waals surface area (Å²) in [6, 6.07) is 11.3. The van der Waals surface area contributed by atoms with Crippen LogP contribution in [-0.4, -0.2) is 62.3 Å².